The predicted octanol–water partition coefficient (Wildman–Crippen LogP) is 3.62. The van der Waals surface area contributed by atoms with Crippen molar-refractivity contribution in [1.29, 1.82) is 0 Å². The molecular weight excluding hydrogens is 260 g/mol. The van der Waals surface area contributed by atoms with Crippen LogP contribution in [0.4, 0.5) is 5.69 Å². The van der Waals surface area contributed by atoms with Gasteiger partial charge in [0.2, 0.25) is 0 Å². The van der Waals surface area contributed by atoms with Crippen molar-refractivity contribution in [1.82, 2.24) is 4.90 Å². The molecule has 0 saturated carbocycles. The molecule has 2 aromatic carbocycles. The van der Waals surface area contributed by atoms with Crippen LogP contribution in [0.1, 0.15) is 27.0 Å². The van der Waals surface area contributed by atoms with Crippen LogP contribution in [0.15, 0.2) is 42.5 Å². The Morgan fingerprint density at radius 3 is 2.52 bits per heavy atom. The standard InChI is InChI=1S/C18H22N2O/c1-13-6-5-7-15(10-13)12-20(4)18(21)17-9-8-16(19-3)11-14(17)2/h5-11,19H,12H2,1-4H3. The molecule has 0 aromatic heterocycles. The number of hydrogen-bond donors (Lipinski definition) is 1. The summed E-state index contributed by atoms with van der Waals surface area (Å²) in [4.78, 5) is 14.3. The molecule has 1 amide bonds. The zero-order valence-corrected chi connectivity index (χ0v) is 13.1. The molecular formula is C18H22N2O. The third-order valence-electron chi connectivity index (χ3n) is 3.59. The maximum Gasteiger partial charge on any atom is 0.254 e. The average molecular weight is 282 g/mol. The van der Waals surface area contributed by atoms with E-state index in [2.05, 4.69) is 24.4 Å². The molecule has 0 radical (unpaired) electrons. The van der Waals surface area contributed by atoms with Crippen LogP contribution in [-0.2, 0) is 6.54 Å². The second-order valence-electron chi connectivity index (χ2n) is 5.43. The first-order valence-electron chi connectivity index (χ1n) is 7.10. The van der Waals surface area contributed by atoms with E-state index in [9.17, 15) is 4.79 Å². The minimum Gasteiger partial charge on any atom is -0.388 e. The number of amides is 1. The minimum absolute atomic E-state index is 0.0525. The van der Waals surface area contributed by atoms with Crippen LogP contribution in [0.3, 0.4) is 0 Å². The van der Waals surface area contributed by atoms with E-state index in [4.69, 9.17) is 0 Å². The molecule has 110 valence electrons. The zero-order chi connectivity index (χ0) is 15.4. The largest absolute Gasteiger partial charge is 0.388 e. The highest BCUT2D eigenvalue weighted by Crippen LogP contribution is 2.17. The van der Waals surface area contributed by atoms with Crippen LogP contribution in [0.2, 0.25) is 0 Å². The molecule has 0 heterocycles. The molecule has 1 N–H and O–H groups in total. The van der Waals surface area contributed by atoms with E-state index in [-0.39, 0.29) is 5.91 Å². The van der Waals surface area contributed by atoms with Gasteiger partial charge in [-0.1, -0.05) is 29.8 Å². The summed E-state index contributed by atoms with van der Waals surface area (Å²) in [6, 6.07) is 14.1. The summed E-state index contributed by atoms with van der Waals surface area (Å²) in [5.74, 6) is 0.0525. The van der Waals surface area contributed by atoms with Crippen LogP contribution < -0.4 is 5.32 Å². The lowest BCUT2D eigenvalue weighted by atomic mass is 10.1. The van der Waals surface area contributed by atoms with Gasteiger partial charge in [0.05, 0.1) is 0 Å². The number of benzene rings is 2. The Labute approximate surface area is 126 Å². The summed E-state index contributed by atoms with van der Waals surface area (Å²) in [6.07, 6.45) is 0. The first kappa shape index (κ1) is 15.1. The maximum absolute atomic E-state index is 12.6. The van der Waals surface area contributed by atoms with Crippen molar-refractivity contribution in [2.45, 2.75) is 20.4 Å². The van der Waals surface area contributed by atoms with Crippen LogP contribution in [0.25, 0.3) is 0 Å². The predicted molar refractivity (Wildman–Crippen MR) is 87.7 cm³/mol. The Morgan fingerprint density at radius 1 is 1.14 bits per heavy atom. The van der Waals surface area contributed by atoms with Gasteiger partial charge in [0.15, 0.2) is 0 Å². The van der Waals surface area contributed by atoms with Gasteiger partial charge in [0, 0.05) is 31.9 Å². The van der Waals surface area contributed by atoms with Gasteiger partial charge in [-0.3, -0.25) is 4.79 Å². The fourth-order valence-corrected chi connectivity index (χ4v) is 2.42. The van der Waals surface area contributed by atoms with E-state index in [1.54, 1.807) is 4.90 Å². The van der Waals surface area contributed by atoms with Gasteiger partial charge >= 0.3 is 0 Å². The lowest BCUT2D eigenvalue weighted by molar-refractivity contribution is 0.0784. The lowest BCUT2D eigenvalue weighted by Crippen LogP contribution is -2.26. The highest BCUT2D eigenvalue weighted by molar-refractivity contribution is 5.95. The van der Waals surface area contributed by atoms with Crippen LogP contribution >= 0.6 is 0 Å². The van der Waals surface area contributed by atoms with Crippen LogP contribution in [0, 0.1) is 13.8 Å². The van der Waals surface area contributed by atoms with Crippen molar-refractivity contribution >= 4 is 11.6 Å². The first-order chi connectivity index (χ1) is 10.0. The number of aryl methyl sites for hydroxylation is 2. The Morgan fingerprint density at radius 2 is 1.90 bits per heavy atom. The van der Waals surface area contributed by atoms with Crippen LogP contribution in [-0.4, -0.2) is 24.9 Å². The monoisotopic (exact) mass is 282 g/mol. The van der Waals surface area contributed by atoms with E-state index in [0.29, 0.717) is 6.54 Å². The van der Waals surface area contributed by atoms with E-state index in [1.807, 2.05) is 51.4 Å². The average Bonchev–Trinajstić information content (AvgIpc) is 2.46. The third-order valence-corrected chi connectivity index (χ3v) is 3.59. The Balaban J connectivity index is 2.15. The fraction of sp³-hybridized carbons (Fsp3) is 0.278. The molecule has 0 bridgehead atoms. The number of carbonyl (C=O) groups is 1. The quantitative estimate of drug-likeness (QED) is 0.929. The highest BCUT2D eigenvalue weighted by atomic mass is 16.2. The molecule has 0 spiro atoms. The van der Waals surface area contributed by atoms with Gasteiger partial charge in [0.1, 0.15) is 0 Å². The molecule has 2 rings (SSSR count). The van der Waals surface area contributed by atoms with Gasteiger partial charge in [-0.05, 0) is 43.2 Å². The zero-order valence-electron chi connectivity index (χ0n) is 13.1. The van der Waals surface area contributed by atoms with Gasteiger partial charge < -0.3 is 10.2 Å². The Kier molecular flexibility index (Phi) is 4.63. The van der Waals surface area contributed by atoms with Gasteiger partial charge in [-0.25, -0.2) is 0 Å². The van der Waals surface area contributed by atoms with E-state index >= 15 is 0 Å². The normalized spacial score (nSPS) is 10.3. The molecule has 0 aliphatic carbocycles. The number of hydrogen-bond acceptors (Lipinski definition) is 2. The molecule has 0 aliphatic heterocycles. The van der Waals surface area contributed by atoms with Crippen LogP contribution in [0.5, 0.6) is 0 Å². The minimum atomic E-state index is 0.0525. The smallest absolute Gasteiger partial charge is 0.254 e. The highest BCUT2D eigenvalue weighted by Gasteiger charge is 2.14. The van der Waals surface area contributed by atoms with Crippen molar-refractivity contribution < 1.29 is 4.79 Å². The second kappa shape index (κ2) is 6.44. The van der Waals surface area contributed by atoms with Crippen molar-refractivity contribution in [3.8, 4) is 0 Å². The van der Waals surface area contributed by atoms with Crippen molar-refractivity contribution in [3.05, 3.63) is 64.7 Å². The molecule has 2 aromatic rings. The summed E-state index contributed by atoms with van der Waals surface area (Å²) in [6.45, 7) is 4.65. The van der Waals surface area contributed by atoms with Crippen molar-refractivity contribution in [3.63, 3.8) is 0 Å². The molecule has 0 fully saturated rings. The molecule has 0 unspecified atom stereocenters. The second-order valence-corrected chi connectivity index (χ2v) is 5.43. The Bertz CT molecular complexity index is 649. The van der Waals surface area contributed by atoms with E-state index in [0.717, 1.165) is 22.4 Å². The summed E-state index contributed by atoms with van der Waals surface area (Å²) >= 11 is 0. The summed E-state index contributed by atoms with van der Waals surface area (Å²) < 4.78 is 0. The van der Waals surface area contributed by atoms with E-state index in [1.165, 1.54) is 5.56 Å². The molecule has 3 heteroatoms. The number of carbonyl (C=O) groups excluding carboxylic acids is 1. The molecule has 21 heavy (non-hydrogen) atoms. The number of rotatable bonds is 4. The SMILES string of the molecule is CNc1ccc(C(=O)N(C)Cc2cccc(C)c2)c(C)c1. The molecule has 0 saturated heterocycles. The fourth-order valence-electron chi connectivity index (χ4n) is 2.42. The van der Waals surface area contributed by atoms with Gasteiger partial charge in [-0.15, -0.1) is 0 Å². The van der Waals surface area contributed by atoms with E-state index < -0.39 is 0 Å². The summed E-state index contributed by atoms with van der Waals surface area (Å²) in [5.41, 5.74) is 5.12. The molecule has 3 nitrogen and oxygen atoms in total. The third kappa shape index (κ3) is 3.63. The topological polar surface area (TPSA) is 32.3 Å². The van der Waals surface area contributed by atoms with Gasteiger partial charge in [-0.2, -0.15) is 0 Å². The summed E-state index contributed by atoms with van der Waals surface area (Å²) in [7, 11) is 3.72. The van der Waals surface area contributed by atoms with Crippen molar-refractivity contribution in [2.24, 2.45) is 0 Å². The first-order valence-corrected chi connectivity index (χ1v) is 7.10. The molecule has 0 aliphatic rings. The number of nitrogens with zero attached hydrogens (tertiary/aromatic N) is 1. The Hall–Kier alpha value is -2.29. The van der Waals surface area contributed by atoms with Crippen molar-refractivity contribution in [2.75, 3.05) is 19.4 Å². The number of nitrogens with one attached hydrogen (secondary N) is 1. The van der Waals surface area contributed by atoms with Gasteiger partial charge in [0.25, 0.3) is 5.91 Å². The maximum atomic E-state index is 12.6. The number of anilines is 1. The summed E-state index contributed by atoms with van der Waals surface area (Å²) in [5, 5.41) is 3.08. The lowest BCUT2D eigenvalue weighted by Gasteiger charge is -2.19. The molecule has 0 atom stereocenters.